The number of hydrogen-bond acceptors (Lipinski definition) is 5. The van der Waals surface area contributed by atoms with Gasteiger partial charge in [0.15, 0.2) is 5.13 Å². The summed E-state index contributed by atoms with van der Waals surface area (Å²) in [5.41, 5.74) is 3.98. The Balaban J connectivity index is 1.45. The fraction of sp³-hybridized carbons (Fsp3) is 0.286. The molecule has 1 saturated heterocycles. The van der Waals surface area contributed by atoms with Crippen molar-refractivity contribution in [2.45, 2.75) is 32.4 Å². The van der Waals surface area contributed by atoms with Gasteiger partial charge >= 0.3 is 0 Å². The van der Waals surface area contributed by atoms with Crippen molar-refractivity contribution in [3.8, 4) is 0 Å². The van der Waals surface area contributed by atoms with Gasteiger partial charge in [-0.1, -0.05) is 22.0 Å². The summed E-state index contributed by atoms with van der Waals surface area (Å²) in [7, 11) is 0. The number of nitrogens with one attached hydrogen (secondary N) is 1. The predicted molar refractivity (Wildman–Crippen MR) is 116 cm³/mol. The molecule has 2 aromatic heterocycles. The van der Waals surface area contributed by atoms with E-state index in [1.807, 2.05) is 24.4 Å². The zero-order valence-electron chi connectivity index (χ0n) is 15.6. The van der Waals surface area contributed by atoms with E-state index in [0.717, 1.165) is 41.8 Å². The third kappa shape index (κ3) is 4.32. The second-order valence-corrected chi connectivity index (χ2v) is 8.71. The molecule has 0 bridgehead atoms. The molecule has 1 fully saturated rings. The SMILES string of the molecule is Cc1cccnc1CN1CCCC1c1csc(NC(=O)c2ccc(Br)cc2)n1. The van der Waals surface area contributed by atoms with Crippen LogP contribution in [0, 0.1) is 6.92 Å². The number of benzene rings is 1. The number of hydrogen-bond donors (Lipinski definition) is 1. The molecule has 0 saturated carbocycles. The highest BCUT2D eigenvalue weighted by Gasteiger charge is 2.28. The number of halogens is 1. The van der Waals surface area contributed by atoms with Crippen molar-refractivity contribution in [2.24, 2.45) is 0 Å². The Kier molecular flexibility index (Phi) is 5.85. The molecule has 1 aliphatic rings. The molecule has 1 atom stereocenters. The molecule has 4 rings (SSSR count). The van der Waals surface area contributed by atoms with Crippen molar-refractivity contribution in [1.82, 2.24) is 14.9 Å². The minimum absolute atomic E-state index is 0.138. The van der Waals surface area contributed by atoms with E-state index in [2.05, 4.69) is 49.5 Å². The first kappa shape index (κ1) is 19.2. The van der Waals surface area contributed by atoms with Crippen LogP contribution < -0.4 is 5.32 Å². The van der Waals surface area contributed by atoms with Gasteiger partial charge < -0.3 is 0 Å². The summed E-state index contributed by atoms with van der Waals surface area (Å²) >= 11 is 4.86. The van der Waals surface area contributed by atoms with Gasteiger partial charge in [0.25, 0.3) is 5.91 Å². The van der Waals surface area contributed by atoms with Crippen LogP contribution >= 0.6 is 27.3 Å². The number of aryl methyl sites for hydroxylation is 1. The molecule has 0 aliphatic carbocycles. The van der Waals surface area contributed by atoms with Crippen LogP contribution in [-0.2, 0) is 6.54 Å². The number of thiazole rings is 1. The first-order valence-electron chi connectivity index (χ1n) is 9.27. The highest BCUT2D eigenvalue weighted by Crippen LogP contribution is 2.34. The molecular formula is C21H21BrN4OS. The van der Waals surface area contributed by atoms with E-state index in [4.69, 9.17) is 4.98 Å². The lowest BCUT2D eigenvalue weighted by Gasteiger charge is -2.23. The van der Waals surface area contributed by atoms with Crippen molar-refractivity contribution in [3.63, 3.8) is 0 Å². The molecule has 1 N–H and O–H groups in total. The number of carbonyl (C=O) groups is 1. The maximum atomic E-state index is 12.4. The van der Waals surface area contributed by atoms with Crippen molar-refractivity contribution in [2.75, 3.05) is 11.9 Å². The largest absolute Gasteiger partial charge is 0.298 e. The van der Waals surface area contributed by atoms with E-state index >= 15 is 0 Å². The summed E-state index contributed by atoms with van der Waals surface area (Å²) in [6.45, 7) is 3.97. The summed E-state index contributed by atoms with van der Waals surface area (Å²) in [6, 6.07) is 11.7. The molecule has 1 amide bonds. The monoisotopic (exact) mass is 456 g/mol. The highest BCUT2D eigenvalue weighted by atomic mass is 79.9. The Labute approximate surface area is 177 Å². The van der Waals surface area contributed by atoms with Crippen LogP contribution in [0.15, 0.2) is 52.4 Å². The fourth-order valence-corrected chi connectivity index (χ4v) is 4.51. The molecule has 0 spiro atoms. The van der Waals surface area contributed by atoms with Gasteiger partial charge in [0, 0.05) is 28.2 Å². The van der Waals surface area contributed by atoms with Crippen LogP contribution in [0.5, 0.6) is 0 Å². The first-order valence-corrected chi connectivity index (χ1v) is 10.9. The van der Waals surface area contributed by atoms with Gasteiger partial charge in [-0.2, -0.15) is 0 Å². The number of aromatic nitrogens is 2. The van der Waals surface area contributed by atoms with Crippen molar-refractivity contribution in [1.29, 1.82) is 0 Å². The Hall–Kier alpha value is -2.09. The molecular weight excluding hydrogens is 436 g/mol. The predicted octanol–water partition coefficient (Wildman–Crippen LogP) is 5.20. The first-order chi connectivity index (χ1) is 13.6. The Morgan fingerprint density at radius 2 is 2.14 bits per heavy atom. The lowest BCUT2D eigenvalue weighted by molar-refractivity contribution is 0.102. The summed E-state index contributed by atoms with van der Waals surface area (Å²) in [6.07, 6.45) is 4.08. The summed E-state index contributed by atoms with van der Waals surface area (Å²) < 4.78 is 0.949. The molecule has 0 radical (unpaired) electrons. The van der Waals surface area contributed by atoms with Crippen LogP contribution in [0.25, 0.3) is 0 Å². The van der Waals surface area contributed by atoms with E-state index in [0.29, 0.717) is 10.7 Å². The van der Waals surface area contributed by atoms with Gasteiger partial charge in [-0.05, 0) is 62.2 Å². The maximum Gasteiger partial charge on any atom is 0.257 e. The Morgan fingerprint density at radius 3 is 2.93 bits per heavy atom. The Morgan fingerprint density at radius 1 is 1.32 bits per heavy atom. The number of carbonyl (C=O) groups excluding carboxylic acids is 1. The summed E-state index contributed by atoms with van der Waals surface area (Å²) in [4.78, 5) is 24.1. The van der Waals surface area contributed by atoms with Gasteiger partial charge in [0.05, 0.1) is 17.4 Å². The summed E-state index contributed by atoms with van der Waals surface area (Å²) in [5.74, 6) is -0.138. The van der Waals surface area contributed by atoms with Crippen molar-refractivity contribution < 1.29 is 4.79 Å². The number of nitrogens with zero attached hydrogens (tertiary/aromatic N) is 3. The standard InChI is InChI=1S/C21H21BrN4OS/c1-14-4-2-10-23-17(14)12-26-11-3-5-19(26)18-13-28-21(24-18)25-20(27)15-6-8-16(22)9-7-15/h2,4,6-10,13,19H,3,5,11-12H2,1H3,(H,24,25,27). The smallest absolute Gasteiger partial charge is 0.257 e. The number of amides is 1. The number of rotatable bonds is 5. The van der Waals surface area contributed by atoms with Crippen molar-refractivity contribution in [3.05, 3.63) is 75.0 Å². The van der Waals surface area contributed by atoms with Gasteiger partial charge in [-0.3, -0.25) is 20.0 Å². The lowest BCUT2D eigenvalue weighted by atomic mass is 10.1. The molecule has 3 aromatic rings. The topological polar surface area (TPSA) is 58.1 Å². The lowest BCUT2D eigenvalue weighted by Crippen LogP contribution is -2.24. The van der Waals surface area contributed by atoms with E-state index < -0.39 is 0 Å². The average Bonchev–Trinajstić information content (AvgIpc) is 3.33. The number of anilines is 1. The molecule has 144 valence electrons. The van der Waals surface area contributed by atoms with Crippen LogP contribution in [0.2, 0.25) is 0 Å². The van der Waals surface area contributed by atoms with Gasteiger partial charge in [0.1, 0.15) is 0 Å². The van der Waals surface area contributed by atoms with E-state index in [-0.39, 0.29) is 11.9 Å². The molecule has 1 aromatic carbocycles. The minimum atomic E-state index is -0.138. The maximum absolute atomic E-state index is 12.4. The van der Waals surface area contributed by atoms with Crippen LogP contribution in [0.1, 0.15) is 46.2 Å². The van der Waals surface area contributed by atoms with Gasteiger partial charge in [0.2, 0.25) is 0 Å². The van der Waals surface area contributed by atoms with Crippen molar-refractivity contribution >= 4 is 38.3 Å². The number of pyridine rings is 1. The zero-order valence-corrected chi connectivity index (χ0v) is 18.0. The van der Waals surface area contributed by atoms with Gasteiger partial charge in [-0.25, -0.2) is 4.98 Å². The molecule has 3 heterocycles. The van der Waals surface area contributed by atoms with Crippen LogP contribution in [-0.4, -0.2) is 27.3 Å². The summed E-state index contributed by atoms with van der Waals surface area (Å²) in [5, 5.41) is 5.62. The van der Waals surface area contributed by atoms with Gasteiger partial charge in [-0.15, -0.1) is 11.3 Å². The molecule has 28 heavy (non-hydrogen) atoms. The third-order valence-corrected chi connectivity index (χ3v) is 6.33. The molecule has 1 aliphatic heterocycles. The number of likely N-dealkylation sites (tertiary alicyclic amines) is 1. The average molecular weight is 457 g/mol. The van der Waals surface area contributed by atoms with Crippen LogP contribution in [0.4, 0.5) is 5.13 Å². The van der Waals surface area contributed by atoms with E-state index in [9.17, 15) is 4.79 Å². The molecule has 1 unspecified atom stereocenters. The second-order valence-electron chi connectivity index (χ2n) is 6.93. The fourth-order valence-electron chi connectivity index (χ4n) is 3.49. The second kappa shape index (κ2) is 8.51. The quantitative estimate of drug-likeness (QED) is 0.573. The van der Waals surface area contributed by atoms with E-state index in [1.165, 1.54) is 16.9 Å². The zero-order chi connectivity index (χ0) is 19.5. The Bertz CT molecular complexity index is 973. The van der Waals surface area contributed by atoms with E-state index in [1.54, 1.807) is 12.1 Å². The minimum Gasteiger partial charge on any atom is -0.298 e. The third-order valence-electron chi connectivity index (χ3n) is 5.02. The molecule has 7 heteroatoms. The molecule has 5 nitrogen and oxygen atoms in total. The highest BCUT2D eigenvalue weighted by molar-refractivity contribution is 9.10. The normalized spacial score (nSPS) is 17.0. The van der Waals surface area contributed by atoms with Crippen LogP contribution in [0.3, 0.4) is 0 Å².